The molecule has 16 nitrogen and oxygen atoms in total. The number of aliphatic hydroxyl groups is 1. The normalized spacial score (nSPS) is 21.6. The number of hydrogen-bond acceptors (Lipinski definition) is 9. The molecule has 306 valence electrons. The average molecular weight is 764 g/mol. The highest BCUT2D eigenvalue weighted by atomic mass is 16.4. The van der Waals surface area contributed by atoms with Crippen molar-refractivity contribution in [2.24, 2.45) is 11.7 Å². The fourth-order valence-corrected chi connectivity index (χ4v) is 7.83. The van der Waals surface area contributed by atoms with Crippen LogP contribution < -0.4 is 27.0 Å². The highest BCUT2D eigenvalue weighted by molar-refractivity contribution is 5.98. The van der Waals surface area contributed by atoms with Gasteiger partial charge in [0.2, 0.25) is 35.4 Å². The Labute approximate surface area is 319 Å². The molecule has 2 aliphatic heterocycles. The van der Waals surface area contributed by atoms with Crippen LogP contribution in [-0.4, -0.2) is 124 Å². The molecule has 2 saturated heterocycles. The highest BCUT2D eigenvalue weighted by Crippen LogP contribution is 2.27. The molecule has 0 aromatic heterocycles. The molecular formula is C38H65N7O9. The number of carboxylic acid groups (broad SMARTS) is 1. The number of carbonyl (C=O) groups is 7. The number of unbranched alkanes of at least 4 members (excludes halogenated alkanes) is 1. The van der Waals surface area contributed by atoms with E-state index in [0.717, 1.165) is 19.3 Å². The van der Waals surface area contributed by atoms with E-state index in [9.17, 15) is 43.8 Å². The number of likely N-dealkylation sites (tertiary alicyclic amines) is 2. The molecule has 3 fully saturated rings. The zero-order valence-electron chi connectivity index (χ0n) is 32.3. The Bertz CT molecular complexity index is 1270. The number of nitrogens with zero attached hydrogens (tertiary/aromatic N) is 2. The third-order valence-corrected chi connectivity index (χ3v) is 10.9. The molecule has 6 atom stereocenters. The van der Waals surface area contributed by atoms with E-state index < -0.39 is 78.2 Å². The molecule has 1 saturated carbocycles. The predicted molar refractivity (Wildman–Crippen MR) is 200 cm³/mol. The van der Waals surface area contributed by atoms with Crippen molar-refractivity contribution in [3.05, 3.63) is 0 Å². The van der Waals surface area contributed by atoms with Crippen molar-refractivity contribution in [2.75, 3.05) is 26.2 Å². The first-order chi connectivity index (χ1) is 25.9. The van der Waals surface area contributed by atoms with Gasteiger partial charge in [-0.2, -0.15) is 0 Å². The molecule has 0 aromatic rings. The van der Waals surface area contributed by atoms with Gasteiger partial charge in [0.05, 0.1) is 12.5 Å². The quantitative estimate of drug-likeness (QED) is 0.0688. The highest BCUT2D eigenvalue weighted by Gasteiger charge is 2.42. The first-order valence-corrected chi connectivity index (χ1v) is 20.3. The van der Waals surface area contributed by atoms with Crippen LogP contribution in [0.2, 0.25) is 0 Å². The second-order valence-electron chi connectivity index (χ2n) is 15.2. The van der Waals surface area contributed by atoms with E-state index in [2.05, 4.69) is 21.3 Å². The maximum Gasteiger partial charge on any atom is 0.305 e. The third-order valence-electron chi connectivity index (χ3n) is 10.9. The van der Waals surface area contributed by atoms with Gasteiger partial charge in [-0.25, -0.2) is 0 Å². The van der Waals surface area contributed by atoms with Crippen LogP contribution in [-0.2, 0) is 33.6 Å². The Morgan fingerprint density at radius 1 is 0.759 bits per heavy atom. The Hall–Kier alpha value is -3.79. The van der Waals surface area contributed by atoms with Gasteiger partial charge >= 0.3 is 5.97 Å². The number of aliphatic hydroxyl groups excluding tert-OH is 1. The Balaban J connectivity index is 1.72. The van der Waals surface area contributed by atoms with Crippen LogP contribution in [0.25, 0.3) is 0 Å². The van der Waals surface area contributed by atoms with Gasteiger partial charge < -0.3 is 47.0 Å². The van der Waals surface area contributed by atoms with E-state index in [4.69, 9.17) is 5.73 Å². The lowest BCUT2D eigenvalue weighted by Gasteiger charge is -2.38. The zero-order valence-corrected chi connectivity index (χ0v) is 32.3. The number of amides is 6. The van der Waals surface area contributed by atoms with Gasteiger partial charge in [0.1, 0.15) is 30.2 Å². The maximum absolute atomic E-state index is 14.1. The number of carboxylic acids is 1. The van der Waals surface area contributed by atoms with Gasteiger partial charge in [-0.15, -0.1) is 0 Å². The van der Waals surface area contributed by atoms with Crippen molar-refractivity contribution in [1.29, 1.82) is 0 Å². The molecule has 0 spiro atoms. The van der Waals surface area contributed by atoms with Gasteiger partial charge in [-0.05, 0) is 83.6 Å². The van der Waals surface area contributed by atoms with Gasteiger partial charge in [0.15, 0.2) is 0 Å². The third kappa shape index (κ3) is 13.8. The number of carbonyl (C=O) groups excluding carboxylic acids is 6. The summed E-state index contributed by atoms with van der Waals surface area (Å²) in [5.41, 5.74) is 5.72. The molecule has 8 N–H and O–H groups in total. The van der Waals surface area contributed by atoms with Crippen LogP contribution >= 0.6 is 0 Å². The van der Waals surface area contributed by atoms with Crippen LogP contribution in [0, 0.1) is 5.92 Å². The molecule has 6 amide bonds. The molecule has 3 rings (SSSR count). The molecule has 0 bridgehead atoms. The first-order valence-electron chi connectivity index (χ1n) is 20.3. The minimum absolute atomic E-state index is 0.114. The summed E-state index contributed by atoms with van der Waals surface area (Å²) in [5.74, 6) is -4.19. The molecule has 54 heavy (non-hydrogen) atoms. The van der Waals surface area contributed by atoms with Gasteiger partial charge in [-0.1, -0.05) is 45.4 Å². The summed E-state index contributed by atoms with van der Waals surface area (Å²) >= 11 is 0. The molecule has 0 radical (unpaired) electrons. The fourth-order valence-electron chi connectivity index (χ4n) is 7.83. The summed E-state index contributed by atoms with van der Waals surface area (Å²) in [6, 6.07) is -5.72. The summed E-state index contributed by atoms with van der Waals surface area (Å²) < 4.78 is 0. The van der Waals surface area contributed by atoms with Crippen molar-refractivity contribution in [3.8, 4) is 0 Å². The second kappa shape index (κ2) is 23.2. The van der Waals surface area contributed by atoms with Crippen LogP contribution in [0.15, 0.2) is 0 Å². The summed E-state index contributed by atoms with van der Waals surface area (Å²) in [6.07, 6.45) is 10.5. The number of rotatable bonds is 20. The predicted octanol–water partition coefficient (Wildman–Crippen LogP) is 1.07. The molecular weight excluding hydrogens is 698 g/mol. The standard InChI is InChI=1S/C38H65N7O9/c1-3-21-40-36(52)33(25(2)46)43-35(51)30-17-12-23-45(30)38(54)28(24-32(48)49)42-34(50)29-16-9-11-22-44(29)37(53)27(15-8-10-20-39)41-31(47)19-18-26-13-6-4-5-7-14-26/h25-30,33,46H,3-24,39H2,1-2H3,(H,40,52)(H,41,47)(H,42,50)(H,43,51)(H,48,49)/t25-,27+,28+,29+,30+,33+/m1/s1. The lowest BCUT2D eigenvalue weighted by Crippen LogP contribution is -2.61. The van der Waals surface area contributed by atoms with Crippen molar-refractivity contribution in [2.45, 2.75) is 166 Å². The molecule has 0 aromatic carbocycles. The number of aliphatic carboxylic acids is 1. The summed E-state index contributed by atoms with van der Waals surface area (Å²) in [4.78, 5) is 95.7. The topological polar surface area (TPSA) is 241 Å². The second-order valence-corrected chi connectivity index (χ2v) is 15.2. The van der Waals surface area contributed by atoms with E-state index >= 15 is 0 Å². The maximum atomic E-state index is 14.1. The Morgan fingerprint density at radius 3 is 1.96 bits per heavy atom. The molecule has 3 aliphatic rings. The van der Waals surface area contributed by atoms with Gasteiger partial charge in [0.25, 0.3) is 0 Å². The number of hydrogen-bond donors (Lipinski definition) is 7. The van der Waals surface area contributed by atoms with E-state index in [1.54, 1.807) is 0 Å². The van der Waals surface area contributed by atoms with Crippen LogP contribution in [0.3, 0.4) is 0 Å². The molecule has 0 unspecified atom stereocenters. The molecule has 16 heteroatoms. The minimum atomic E-state index is -1.54. The number of nitrogens with one attached hydrogen (secondary N) is 4. The van der Waals surface area contributed by atoms with E-state index in [1.807, 2.05) is 6.92 Å². The number of nitrogens with two attached hydrogens (primary N) is 1. The summed E-state index contributed by atoms with van der Waals surface area (Å²) in [7, 11) is 0. The van der Waals surface area contributed by atoms with Crippen molar-refractivity contribution >= 4 is 41.4 Å². The van der Waals surface area contributed by atoms with Crippen LogP contribution in [0.1, 0.15) is 129 Å². The fraction of sp³-hybridized carbons (Fsp3) is 0.816. The molecule has 2 heterocycles. The minimum Gasteiger partial charge on any atom is -0.481 e. The smallest absolute Gasteiger partial charge is 0.305 e. The first kappa shape index (κ1) is 44.6. The Morgan fingerprint density at radius 2 is 1.35 bits per heavy atom. The number of piperidine rings is 1. The largest absolute Gasteiger partial charge is 0.481 e. The molecule has 1 aliphatic carbocycles. The average Bonchev–Trinajstić information content (AvgIpc) is 3.50. The SMILES string of the molecule is CCCNC(=O)[C@@H](NC(=O)[C@@H]1CCCN1C(=O)[C@H](CC(=O)O)NC(=O)[C@@H]1CCCCN1C(=O)[C@H](CCCCN)NC(=O)CCC1CCCCCC1)[C@@H](C)O. The van der Waals surface area contributed by atoms with Crippen molar-refractivity contribution in [1.82, 2.24) is 31.1 Å². The van der Waals surface area contributed by atoms with Crippen molar-refractivity contribution < 1.29 is 43.8 Å². The van der Waals surface area contributed by atoms with E-state index in [0.29, 0.717) is 70.4 Å². The van der Waals surface area contributed by atoms with Gasteiger partial charge in [0, 0.05) is 26.1 Å². The van der Waals surface area contributed by atoms with Crippen LogP contribution in [0.5, 0.6) is 0 Å². The Kier molecular flexibility index (Phi) is 19.2. The zero-order chi connectivity index (χ0) is 39.6. The summed E-state index contributed by atoms with van der Waals surface area (Å²) in [6.45, 7) is 4.36. The van der Waals surface area contributed by atoms with E-state index in [1.165, 1.54) is 42.4 Å². The summed E-state index contributed by atoms with van der Waals surface area (Å²) in [5, 5.41) is 30.6. The van der Waals surface area contributed by atoms with E-state index in [-0.39, 0.29) is 31.8 Å². The van der Waals surface area contributed by atoms with Crippen molar-refractivity contribution in [3.63, 3.8) is 0 Å². The monoisotopic (exact) mass is 763 g/mol. The lowest BCUT2D eigenvalue weighted by atomic mass is 9.94. The van der Waals surface area contributed by atoms with Crippen LogP contribution in [0.4, 0.5) is 0 Å². The lowest BCUT2D eigenvalue weighted by molar-refractivity contribution is -0.149. The van der Waals surface area contributed by atoms with Gasteiger partial charge in [-0.3, -0.25) is 33.6 Å².